The zero-order chi connectivity index (χ0) is 31.7. The molecule has 0 fully saturated rings. The van der Waals surface area contributed by atoms with Gasteiger partial charge in [-0.2, -0.15) is 0 Å². The van der Waals surface area contributed by atoms with E-state index in [0.29, 0.717) is 34.4 Å². The molecule has 0 aliphatic heterocycles. The van der Waals surface area contributed by atoms with Crippen LogP contribution in [0.1, 0.15) is 39.7 Å². The minimum absolute atomic E-state index is 0.0132. The summed E-state index contributed by atoms with van der Waals surface area (Å²) in [6.45, 7) is 7.23. The van der Waals surface area contributed by atoms with Gasteiger partial charge in [-0.1, -0.05) is 36.2 Å². The van der Waals surface area contributed by atoms with Gasteiger partial charge in [0.2, 0.25) is 11.8 Å². The molecule has 0 saturated heterocycles. The molecule has 2 amide bonds. The maximum absolute atomic E-state index is 14.2. The van der Waals surface area contributed by atoms with Crippen molar-refractivity contribution in [2.75, 3.05) is 23.7 Å². The summed E-state index contributed by atoms with van der Waals surface area (Å²) in [5.41, 5.74) is 0.918. The maximum Gasteiger partial charge on any atom is 0.264 e. The lowest BCUT2D eigenvalue weighted by atomic mass is 10.1. The molecule has 0 aromatic heterocycles. The lowest BCUT2D eigenvalue weighted by molar-refractivity contribution is -0.140. The van der Waals surface area contributed by atoms with Gasteiger partial charge in [-0.15, -0.1) is 11.8 Å². The van der Waals surface area contributed by atoms with Gasteiger partial charge in [0.15, 0.2) is 0 Å². The molecule has 1 N–H and O–H groups in total. The highest BCUT2D eigenvalue weighted by Gasteiger charge is 2.34. The van der Waals surface area contributed by atoms with E-state index in [9.17, 15) is 18.0 Å². The molecule has 0 radical (unpaired) electrons. The summed E-state index contributed by atoms with van der Waals surface area (Å²) in [6.07, 6.45) is 2.20. The Balaban J connectivity index is 2.08. The van der Waals surface area contributed by atoms with Gasteiger partial charge in [0.1, 0.15) is 18.3 Å². The zero-order valence-corrected chi connectivity index (χ0v) is 28.0. The molecule has 0 saturated carbocycles. The van der Waals surface area contributed by atoms with E-state index in [1.807, 2.05) is 27.0 Å². The first-order chi connectivity index (χ1) is 20.4. The van der Waals surface area contributed by atoms with Crippen LogP contribution in [0.15, 0.2) is 76.5 Å². The van der Waals surface area contributed by atoms with Crippen molar-refractivity contribution in [1.82, 2.24) is 10.2 Å². The summed E-state index contributed by atoms with van der Waals surface area (Å²) in [5, 5.41) is 3.54. The number of nitrogens with one attached hydrogen (secondary N) is 1. The number of carbonyl (C=O) groups is 2. The number of sulfonamides is 1. The lowest BCUT2D eigenvalue weighted by Crippen LogP contribution is -2.53. The van der Waals surface area contributed by atoms with Crippen LogP contribution in [0.4, 0.5) is 5.69 Å². The molecule has 12 heteroatoms. The Morgan fingerprint density at radius 2 is 1.60 bits per heavy atom. The SMILES string of the molecule is CCOc1ccc(N(CC(=O)N(Cc2ccc(Cl)c(Cl)c2)C(CC)C(=O)NC(C)C)S(=O)(=O)c2ccc(SC)cc2)cc1. The second-order valence-corrected chi connectivity index (χ2v) is 13.5. The number of thioether (sulfide) groups is 1. The molecular formula is C31H37Cl2N3O5S2. The number of anilines is 1. The van der Waals surface area contributed by atoms with Crippen LogP contribution in [0.3, 0.4) is 0 Å². The van der Waals surface area contributed by atoms with Gasteiger partial charge in [0, 0.05) is 17.5 Å². The van der Waals surface area contributed by atoms with Crippen molar-refractivity contribution in [3.63, 3.8) is 0 Å². The van der Waals surface area contributed by atoms with Crippen LogP contribution in [-0.2, 0) is 26.2 Å². The van der Waals surface area contributed by atoms with Gasteiger partial charge < -0.3 is 15.0 Å². The van der Waals surface area contributed by atoms with Crippen molar-refractivity contribution in [2.24, 2.45) is 0 Å². The van der Waals surface area contributed by atoms with Gasteiger partial charge in [0.05, 0.1) is 27.2 Å². The van der Waals surface area contributed by atoms with Gasteiger partial charge in [-0.25, -0.2) is 8.42 Å². The molecule has 0 aliphatic rings. The Bertz CT molecular complexity index is 1500. The molecule has 0 bridgehead atoms. The minimum atomic E-state index is -4.19. The van der Waals surface area contributed by atoms with Crippen LogP contribution < -0.4 is 14.4 Å². The molecule has 232 valence electrons. The Labute approximate surface area is 268 Å². The van der Waals surface area contributed by atoms with E-state index in [0.717, 1.165) is 9.20 Å². The molecule has 0 heterocycles. The number of carbonyl (C=O) groups excluding carboxylic acids is 2. The Hall–Kier alpha value is -2.92. The van der Waals surface area contributed by atoms with E-state index < -0.39 is 28.5 Å². The van der Waals surface area contributed by atoms with Crippen molar-refractivity contribution in [1.29, 1.82) is 0 Å². The largest absolute Gasteiger partial charge is 0.494 e. The first-order valence-corrected chi connectivity index (χ1v) is 17.3. The molecule has 3 rings (SSSR count). The van der Waals surface area contributed by atoms with Crippen LogP contribution in [0.25, 0.3) is 0 Å². The average molecular weight is 667 g/mol. The first kappa shape index (κ1) is 34.6. The standard InChI is InChI=1S/C31H37Cl2N3O5S2/c1-6-29(31(38)34-21(3)4)35(19-22-8-17-27(32)28(33)18-22)30(37)20-36(23-9-11-24(12-10-23)41-7-2)43(39,40)26-15-13-25(42-5)14-16-26/h8-18,21,29H,6-7,19-20H2,1-5H3,(H,34,38). The van der Waals surface area contributed by atoms with Gasteiger partial charge >= 0.3 is 0 Å². The van der Waals surface area contributed by atoms with E-state index in [-0.39, 0.29) is 29.1 Å². The molecule has 3 aromatic carbocycles. The van der Waals surface area contributed by atoms with E-state index in [1.54, 1.807) is 61.5 Å². The quantitative estimate of drug-likeness (QED) is 0.194. The van der Waals surface area contributed by atoms with Crippen molar-refractivity contribution >= 4 is 62.5 Å². The highest BCUT2D eigenvalue weighted by molar-refractivity contribution is 7.98. The van der Waals surface area contributed by atoms with Gasteiger partial charge in [0.25, 0.3) is 10.0 Å². The van der Waals surface area contributed by atoms with E-state index >= 15 is 0 Å². The molecule has 8 nitrogen and oxygen atoms in total. The van der Waals surface area contributed by atoms with Gasteiger partial charge in [-0.3, -0.25) is 13.9 Å². The summed E-state index contributed by atoms with van der Waals surface area (Å²) in [7, 11) is -4.19. The number of rotatable bonds is 14. The number of benzene rings is 3. The van der Waals surface area contributed by atoms with E-state index in [1.165, 1.54) is 28.8 Å². The van der Waals surface area contributed by atoms with Crippen LogP contribution in [-0.4, -0.2) is 56.6 Å². The van der Waals surface area contributed by atoms with E-state index in [2.05, 4.69) is 5.32 Å². The van der Waals surface area contributed by atoms with Crippen molar-refractivity contribution in [2.45, 2.75) is 62.5 Å². The summed E-state index contributed by atoms with van der Waals surface area (Å²) >= 11 is 13.9. The van der Waals surface area contributed by atoms with E-state index in [4.69, 9.17) is 27.9 Å². The van der Waals surface area contributed by atoms with Crippen LogP contribution >= 0.6 is 35.0 Å². The molecule has 0 aliphatic carbocycles. The number of amides is 2. The molecule has 3 aromatic rings. The van der Waals surface area contributed by atoms with Crippen LogP contribution in [0.2, 0.25) is 10.0 Å². The third-order valence-electron chi connectivity index (χ3n) is 6.52. The topological polar surface area (TPSA) is 96.0 Å². The normalized spacial score (nSPS) is 12.1. The smallest absolute Gasteiger partial charge is 0.264 e. The number of hydrogen-bond acceptors (Lipinski definition) is 6. The fourth-order valence-corrected chi connectivity index (χ4v) is 6.56. The molecule has 1 atom stereocenters. The fourth-order valence-electron chi connectivity index (χ4n) is 4.41. The minimum Gasteiger partial charge on any atom is -0.494 e. The monoisotopic (exact) mass is 665 g/mol. The Kier molecular flexibility index (Phi) is 12.6. The van der Waals surface area contributed by atoms with Crippen molar-refractivity contribution in [3.8, 4) is 5.75 Å². The van der Waals surface area contributed by atoms with Crippen molar-refractivity contribution < 1.29 is 22.7 Å². The first-order valence-electron chi connectivity index (χ1n) is 13.8. The van der Waals surface area contributed by atoms with Crippen LogP contribution in [0.5, 0.6) is 5.75 Å². The number of nitrogens with zero attached hydrogens (tertiary/aromatic N) is 2. The Morgan fingerprint density at radius 1 is 0.953 bits per heavy atom. The summed E-state index contributed by atoms with van der Waals surface area (Å²) in [4.78, 5) is 29.8. The molecular weight excluding hydrogens is 629 g/mol. The number of halogens is 2. The lowest BCUT2D eigenvalue weighted by Gasteiger charge is -2.33. The second-order valence-electron chi connectivity index (χ2n) is 9.97. The molecule has 43 heavy (non-hydrogen) atoms. The summed E-state index contributed by atoms with van der Waals surface area (Å²) in [5.74, 6) is -0.332. The highest BCUT2D eigenvalue weighted by atomic mass is 35.5. The average Bonchev–Trinajstić information content (AvgIpc) is 2.97. The zero-order valence-electron chi connectivity index (χ0n) is 24.8. The Morgan fingerprint density at radius 3 is 2.14 bits per heavy atom. The van der Waals surface area contributed by atoms with Gasteiger partial charge in [-0.05, 0) is 99.7 Å². The number of hydrogen-bond donors (Lipinski definition) is 1. The predicted octanol–water partition coefficient (Wildman–Crippen LogP) is 6.64. The third kappa shape index (κ3) is 9.04. The van der Waals surface area contributed by atoms with Crippen LogP contribution in [0, 0.1) is 0 Å². The summed E-state index contributed by atoms with van der Waals surface area (Å²) < 4.78 is 34.7. The predicted molar refractivity (Wildman–Crippen MR) is 175 cm³/mol. The fraction of sp³-hybridized carbons (Fsp3) is 0.355. The summed E-state index contributed by atoms with van der Waals surface area (Å²) in [6, 6.07) is 16.9. The second kappa shape index (κ2) is 15.7. The molecule has 0 spiro atoms. The maximum atomic E-state index is 14.2. The number of ether oxygens (including phenoxy) is 1. The molecule has 1 unspecified atom stereocenters. The highest BCUT2D eigenvalue weighted by Crippen LogP contribution is 2.29. The third-order valence-corrected chi connectivity index (χ3v) is 9.79. The van der Waals surface area contributed by atoms with Crippen molar-refractivity contribution in [3.05, 3.63) is 82.3 Å².